The van der Waals surface area contributed by atoms with Crippen LogP contribution in [0.5, 0.6) is 0 Å². The molecule has 0 aliphatic rings. The average molecular weight is 396 g/mol. The summed E-state index contributed by atoms with van der Waals surface area (Å²) in [6, 6.07) is 15.8. The number of nitrogens with zero attached hydrogens (tertiary/aromatic N) is 5. The van der Waals surface area contributed by atoms with Gasteiger partial charge in [0.15, 0.2) is 5.69 Å². The van der Waals surface area contributed by atoms with Crippen LogP contribution >= 0.6 is 15.9 Å². The van der Waals surface area contributed by atoms with Crippen LogP contribution < -0.4 is 0 Å². The lowest BCUT2D eigenvalue weighted by Crippen LogP contribution is -1.98. The lowest BCUT2D eigenvalue weighted by atomic mass is 10.1. The smallest absolute Gasteiger partial charge is 0.280 e. The number of rotatable bonds is 3. The van der Waals surface area contributed by atoms with Gasteiger partial charge in [-0.2, -0.15) is 4.98 Å². The van der Waals surface area contributed by atoms with Gasteiger partial charge in [0.25, 0.3) is 5.89 Å². The normalized spacial score (nSPS) is 11.0. The average Bonchev–Trinajstić information content (AvgIpc) is 3.23. The predicted octanol–water partition coefficient (Wildman–Crippen LogP) is 4.36. The third-order valence-corrected chi connectivity index (χ3v) is 4.43. The molecule has 0 saturated heterocycles. The van der Waals surface area contributed by atoms with Crippen LogP contribution in [0.4, 0.5) is 0 Å². The molecule has 0 aliphatic carbocycles. The Hall–Kier alpha value is -2.80. The molecule has 0 spiro atoms. The van der Waals surface area contributed by atoms with Crippen molar-refractivity contribution in [2.24, 2.45) is 0 Å². The maximum absolute atomic E-state index is 5.40. The number of hydrogen-bond donors (Lipinski definition) is 0. The molecule has 0 saturated carbocycles. The molecule has 25 heavy (non-hydrogen) atoms. The highest BCUT2D eigenvalue weighted by Gasteiger charge is 2.18. The first-order valence-electron chi connectivity index (χ1n) is 7.71. The molecule has 0 fully saturated rings. The summed E-state index contributed by atoms with van der Waals surface area (Å²) < 4.78 is 8.16. The second kappa shape index (κ2) is 6.25. The van der Waals surface area contributed by atoms with Gasteiger partial charge in [0.05, 0.1) is 11.4 Å². The minimum atomic E-state index is 0.358. The summed E-state index contributed by atoms with van der Waals surface area (Å²) in [6.07, 6.45) is 0. The Bertz CT molecular complexity index is 1020. The Labute approximate surface area is 152 Å². The Kier molecular flexibility index (Phi) is 3.93. The molecule has 2 aromatic carbocycles. The molecule has 2 heterocycles. The third kappa shape index (κ3) is 2.98. The van der Waals surface area contributed by atoms with E-state index in [9.17, 15) is 0 Å². The van der Waals surface area contributed by atoms with Crippen LogP contribution in [-0.2, 0) is 0 Å². The van der Waals surface area contributed by atoms with Crippen LogP contribution in [0.25, 0.3) is 28.7 Å². The number of halogens is 1. The first-order chi connectivity index (χ1) is 12.1. The highest BCUT2D eigenvalue weighted by Crippen LogP contribution is 2.25. The van der Waals surface area contributed by atoms with E-state index in [2.05, 4.69) is 36.4 Å². The van der Waals surface area contributed by atoms with Crippen LogP contribution in [-0.4, -0.2) is 25.1 Å². The molecule has 4 aromatic rings. The first-order valence-corrected chi connectivity index (χ1v) is 8.50. The van der Waals surface area contributed by atoms with Crippen molar-refractivity contribution in [3.8, 4) is 28.7 Å². The van der Waals surface area contributed by atoms with Crippen LogP contribution in [0, 0.1) is 13.8 Å². The van der Waals surface area contributed by atoms with Gasteiger partial charge < -0.3 is 4.52 Å². The first kappa shape index (κ1) is 15.7. The van der Waals surface area contributed by atoms with E-state index >= 15 is 0 Å². The number of aryl methyl sites for hydroxylation is 1. The van der Waals surface area contributed by atoms with Gasteiger partial charge in [-0.15, -0.1) is 5.10 Å². The van der Waals surface area contributed by atoms with E-state index in [-0.39, 0.29) is 0 Å². The SMILES string of the molecule is Cc1ccc(-c2noc(-c3nnn(-c4ccc(Br)cc4)c3C)n2)cc1. The summed E-state index contributed by atoms with van der Waals surface area (Å²) in [5, 5.41) is 12.5. The Morgan fingerprint density at radius 2 is 1.68 bits per heavy atom. The summed E-state index contributed by atoms with van der Waals surface area (Å²) in [4.78, 5) is 4.46. The van der Waals surface area contributed by atoms with Crippen LogP contribution in [0.15, 0.2) is 57.5 Å². The van der Waals surface area contributed by atoms with E-state index in [1.807, 2.05) is 62.4 Å². The fourth-order valence-corrected chi connectivity index (χ4v) is 2.76. The summed E-state index contributed by atoms with van der Waals surface area (Å²) in [6.45, 7) is 3.96. The summed E-state index contributed by atoms with van der Waals surface area (Å²) >= 11 is 3.43. The third-order valence-electron chi connectivity index (χ3n) is 3.90. The molecule has 4 rings (SSSR count). The lowest BCUT2D eigenvalue weighted by molar-refractivity contribution is 0.430. The van der Waals surface area contributed by atoms with E-state index in [0.717, 1.165) is 21.4 Å². The van der Waals surface area contributed by atoms with Crippen molar-refractivity contribution in [3.05, 3.63) is 64.3 Å². The molecule has 0 aliphatic heterocycles. The molecule has 7 heteroatoms. The lowest BCUT2D eigenvalue weighted by Gasteiger charge is -2.02. The van der Waals surface area contributed by atoms with E-state index in [4.69, 9.17) is 4.52 Å². The molecule has 124 valence electrons. The molecular weight excluding hydrogens is 382 g/mol. The summed E-state index contributed by atoms with van der Waals surface area (Å²) in [5.41, 5.74) is 4.41. The zero-order chi connectivity index (χ0) is 17.4. The molecule has 0 bridgehead atoms. The van der Waals surface area contributed by atoms with Gasteiger partial charge in [0.1, 0.15) is 0 Å². The minimum absolute atomic E-state index is 0.358. The minimum Gasteiger partial charge on any atom is -0.332 e. The van der Waals surface area contributed by atoms with Crippen LogP contribution in [0.3, 0.4) is 0 Å². The van der Waals surface area contributed by atoms with Gasteiger partial charge in [0.2, 0.25) is 5.82 Å². The van der Waals surface area contributed by atoms with E-state index in [0.29, 0.717) is 17.4 Å². The topological polar surface area (TPSA) is 69.6 Å². The standard InChI is InChI=1S/C18H14BrN5O/c1-11-3-5-13(6-4-11)17-20-18(25-22-17)16-12(2)24(23-21-16)15-9-7-14(19)8-10-15/h3-10H,1-2H3. The van der Waals surface area contributed by atoms with Crippen molar-refractivity contribution in [1.82, 2.24) is 25.1 Å². The molecule has 6 nitrogen and oxygen atoms in total. The Morgan fingerprint density at radius 3 is 2.40 bits per heavy atom. The Morgan fingerprint density at radius 1 is 0.960 bits per heavy atom. The second-order valence-electron chi connectivity index (χ2n) is 5.70. The number of hydrogen-bond acceptors (Lipinski definition) is 5. The molecule has 0 radical (unpaired) electrons. The van der Waals surface area contributed by atoms with Crippen molar-refractivity contribution in [2.75, 3.05) is 0 Å². The maximum atomic E-state index is 5.40. The summed E-state index contributed by atoms with van der Waals surface area (Å²) in [5.74, 6) is 0.893. The molecule has 0 N–H and O–H groups in total. The molecule has 0 unspecified atom stereocenters. The van der Waals surface area contributed by atoms with Gasteiger partial charge in [-0.05, 0) is 38.1 Å². The van der Waals surface area contributed by atoms with Gasteiger partial charge in [-0.1, -0.05) is 56.1 Å². The molecule has 2 aromatic heterocycles. The summed E-state index contributed by atoms with van der Waals surface area (Å²) in [7, 11) is 0. The molecule has 0 atom stereocenters. The zero-order valence-electron chi connectivity index (χ0n) is 13.6. The van der Waals surface area contributed by atoms with Gasteiger partial charge in [-0.25, -0.2) is 4.68 Å². The monoisotopic (exact) mass is 395 g/mol. The van der Waals surface area contributed by atoms with Crippen molar-refractivity contribution >= 4 is 15.9 Å². The van der Waals surface area contributed by atoms with E-state index in [1.54, 1.807) is 4.68 Å². The number of aromatic nitrogens is 5. The largest absolute Gasteiger partial charge is 0.332 e. The van der Waals surface area contributed by atoms with Gasteiger partial charge in [-0.3, -0.25) is 0 Å². The highest BCUT2D eigenvalue weighted by atomic mass is 79.9. The highest BCUT2D eigenvalue weighted by molar-refractivity contribution is 9.10. The fraction of sp³-hybridized carbons (Fsp3) is 0.111. The maximum Gasteiger partial charge on any atom is 0.280 e. The van der Waals surface area contributed by atoms with Crippen molar-refractivity contribution in [1.29, 1.82) is 0 Å². The van der Waals surface area contributed by atoms with E-state index in [1.165, 1.54) is 5.56 Å². The van der Waals surface area contributed by atoms with Crippen LogP contribution in [0.2, 0.25) is 0 Å². The Balaban J connectivity index is 1.69. The zero-order valence-corrected chi connectivity index (χ0v) is 15.2. The van der Waals surface area contributed by atoms with Gasteiger partial charge >= 0.3 is 0 Å². The fourth-order valence-electron chi connectivity index (χ4n) is 2.49. The van der Waals surface area contributed by atoms with Crippen molar-refractivity contribution < 1.29 is 4.52 Å². The predicted molar refractivity (Wildman–Crippen MR) is 97.3 cm³/mol. The quantitative estimate of drug-likeness (QED) is 0.515. The molecular formula is C18H14BrN5O. The number of benzene rings is 2. The second-order valence-corrected chi connectivity index (χ2v) is 6.62. The van der Waals surface area contributed by atoms with Crippen molar-refractivity contribution in [2.45, 2.75) is 13.8 Å². The van der Waals surface area contributed by atoms with Gasteiger partial charge in [0, 0.05) is 10.0 Å². The van der Waals surface area contributed by atoms with Crippen LogP contribution in [0.1, 0.15) is 11.3 Å². The van der Waals surface area contributed by atoms with E-state index < -0.39 is 0 Å². The molecule has 0 amide bonds. The van der Waals surface area contributed by atoms with Crippen molar-refractivity contribution in [3.63, 3.8) is 0 Å².